The van der Waals surface area contributed by atoms with E-state index in [1.54, 1.807) is 36.4 Å². The summed E-state index contributed by atoms with van der Waals surface area (Å²) in [5.74, 6) is 1.18. The molecule has 0 aliphatic rings. The quantitative estimate of drug-likeness (QED) is 0.0647. The van der Waals surface area contributed by atoms with Gasteiger partial charge in [0.15, 0.2) is 5.43 Å². The smallest absolute Gasteiger partial charge is 0.193 e. The molecular weight excluding hydrogens is 640 g/mol. The standard InChI is InChI=1S/C22H20O4.C13H30N2O5.C4H8/c1-3-5-18-20(25-12-4-2)11-10-17-19(24)13-21(26-22(17)18)16-8-6-15(14-23)7-9-16;1-15-3-5-17-7-9-19-11-13-20-12-10-18-8-6-16-4-2-14;1-3-4-2/h4,6-11,13-14H,2-3,5,12H2,1H3;15H,2-14H2,1H3;3H,1,4H2,2H3. The van der Waals surface area contributed by atoms with Crippen molar-refractivity contribution in [2.75, 3.05) is 92.8 Å². The van der Waals surface area contributed by atoms with Crippen LogP contribution in [0.25, 0.3) is 22.3 Å². The van der Waals surface area contributed by atoms with Gasteiger partial charge in [0, 0.05) is 35.8 Å². The summed E-state index contributed by atoms with van der Waals surface area (Å²) in [6, 6.07) is 12.0. The Hall–Kier alpha value is -3.68. The average Bonchev–Trinajstić information content (AvgIpc) is 3.14. The Labute approximate surface area is 297 Å². The van der Waals surface area contributed by atoms with Crippen LogP contribution in [-0.2, 0) is 30.1 Å². The molecular formula is C39H58N2O9. The first-order valence-corrected chi connectivity index (χ1v) is 17.2. The number of fused-ring (bicyclic) bond motifs is 1. The summed E-state index contributed by atoms with van der Waals surface area (Å²) < 4.78 is 38.3. The first-order chi connectivity index (χ1) is 24.5. The van der Waals surface area contributed by atoms with Crippen LogP contribution in [0.5, 0.6) is 5.75 Å². The predicted molar refractivity (Wildman–Crippen MR) is 201 cm³/mol. The van der Waals surface area contributed by atoms with Crippen molar-refractivity contribution in [1.82, 2.24) is 5.32 Å². The molecule has 2 aromatic carbocycles. The maximum Gasteiger partial charge on any atom is 0.193 e. The molecule has 1 heterocycles. The first-order valence-electron chi connectivity index (χ1n) is 17.2. The van der Waals surface area contributed by atoms with E-state index >= 15 is 0 Å². The molecule has 50 heavy (non-hydrogen) atoms. The molecule has 278 valence electrons. The molecule has 0 saturated carbocycles. The molecule has 11 heteroatoms. The molecule has 0 radical (unpaired) electrons. The lowest BCUT2D eigenvalue weighted by atomic mass is 10.0. The van der Waals surface area contributed by atoms with Gasteiger partial charge in [-0.1, -0.05) is 63.3 Å². The van der Waals surface area contributed by atoms with Crippen LogP contribution in [0.1, 0.15) is 42.6 Å². The van der Waals surface area contributed by atoms with Gasteiger partial charge < -0.3 is 43.9 Å². The van der Waals surface area contributed by atoms with E-state index in [4.69, 9.17) is 38.6 Å². The van der Waals surface area contributed by atoms with Crippen LogP contribution in [0, 0.1) is 0 Å². The van der Waals surface area contributed by atoms with Crippen molar-refractivity contribution in [1.29, 1.82) is 0 Å². The largest absolute Gasteiger partial charge is 0.489 e. The molecule has 1 aromatic heterocycles. The van der Waals surface area contributed by atoms with Gasteiger partial charge in [-0.05, 0) is 32.0 Å². The topological polar surface area (TPSA) is 141 Å². The molecule has 3 rings (SSSR count). The Morgan fingerprint density at radius 3 is 1.84 bits per heavy atom. The molecule has 0 aliphatic heterocycles. The maximum absolute atomic E-state index is 12.6. The highest BCUT2D eigenvalue weighted by molar-refractivity contribution is 5.84. The zero-order chi connectivity index (χ0) is 36.7. The Kier molecular flexibility index (Phi) is 26.8. The van der Waals surface area contributed by atoms with Crippen molar-refractivity contribution < 1.29 is 37.6 Å². The predicted octanol–water partition coefficient (Wildman–Crippen LogP) is 5.62. The van der Waals surface area contributed by atoms with E-state index in [2.05, 4.69) is 32.3 Å². The van der Waals surface area contributed by atoms with Gasteiger partial charge in [0.1, 0.15) is 30.0 Å². The summed E-state index contributed by atoms with van der Waals surface area (Å²) in [5.41, 5.74) is 7.93. The molecule has 0 bridgehead atoms. The number of nitrogens with one attached hydrogen (secondary N) is 1. The third-order valence-electron chi connectivity index (χ3n) is 6.68. The minimum Gasteiger partial charge on any atom is -0.489 e. The van der Waals surface area contributed by atoms with Crippen molar-refractivity contribution in [3.8, 4) is 17.1 Å². The van der Waals surface area contributed by atoms with E-state index in [1.165, 1.54) is 6.07 Å². The molecule has 3 N–H and O–H groups in total. The fraction of sp³-hybridized carbons (Fsp3) is 0.487. The van der Waals surface area contributed by atoms with E-state index in [0.29, 0.717) is 107 Å². The van der Waals surface area contributed by atoms with Crippen molar-refractivity contribution in [2.24, 2.45) is 5.73 Å². The minimum absolute atomic E-state index is 0.103. The van der Waals surface area contributed by atoms with Gasteiger partial charge >= 0.3 is 0 Å². The summed E-state index contributed by atoms with van der Waals surface area (Å²) in [7, 11) is 1.90. The minimum atomic E-state index is -0.103. The van der Waals surface area contributed by atoms with Crippen LogP contribution in [0.3, 0.4) is 0 Å². The summed E-state index contributed by atoms with van der Waals surface area (Å²) in [4.78, 5) is 23.4. The van der Waals surface area contributed by atoms with Gasteiger partial charge in [-0.2, -0.15) is 0 Å². The molecule has 3 aromatic rings. The van der Waals surface area contributed by atoms with Crippen molar-refractivity contribution in [2.45, 2.75) is 33.1 Å². The Morgan fingerprint density at radius 2 is 1.36 bits per heavy atom. The van der Waals surface area contributed by atoms with Gasteiger partial charge in [-0.15, -0.1) is 6.58 Å². The number of carbonyl (C=O) groups is 1. The van der Waals surface area contributed by atoms with E-state index in [1.807, 2.05) is 19.2 Å². The number of rotatable bonds is 25. The number of likely N-dealkylation sites (N-methyl/N-ethyl adjacent to an activating group) is 1. The lowest BCUT2D eigenvalue weighted by Gasteiger charge is -2.13. The molecule has 0 fully saturated rings. The summed E-state index contributed by atoms with van der Waals surface area (Å²) in [5, 5.41) is 3.54. The number of ether oxygens (including phenoxy) is 6. The molecule has 0 unspecified atom stereocenters. The van der Waals surface area contributed by atoms with Crippen LogP contribution in [0.4, 0.5) is 0 Å². The van der Waals surface area contributed by atoms with Gasteiger partial charge in [-0.3, -0.25) is 9.59 Å². The fourth-order valence-corrected chi connectivity index (χ4v) is 4.13. The number of hydrogen-bond donors (Lipinski definition) is 2. The lowest BCUT2D eigenvalue weighted by Crippen LogP contribution is -2.17. The number of hydrogen-bond acceptors (Lipinski definition) is 11. The van der Waals surface area contributed by atoms with Crippen molar-refractivity contribution in [3.63, 3.8) is 0 Å². The summed E-state index contributed by atoms with van der Waals surface area (Å²) in [6.07, 6.45) is 7.05. The average molecular weight is 699 g/mol. The van der Waals surface area contributed by atoms with Gasteiger partial charge in [0.25, 0.3) is 0 Å². The molecule has 0 amide bonds. The van der Waals surface area contributed by atoms with E-state index in [0.717, 1.165) is 43.2 Å². The van der Waals surface area contributed by atoms with E-state index in [9.17, 15) is 9.59 Å². The summed E-state index contributed by atoms with van der Waals surface area (Å²) in [6.45, 7) is 19.0. The Bertz CT molecular complexity index is 1360. The highest BCUT2D eigenvalue weighted by Crippen LogP contribution is 2.31. The third-order valence-corrected chi connectivity index (χ3v) is 6.68. The normalized spacial score (nSPS) is 10.5. The summed E-state index contributed by atoms with van der Waals surface area (Å²) >= 11 is 0. The third kappa shape index (κ3) is 18.9. The SMILES string of the molecule is C=CCC.C=CCOc1ccc2c(=O)cc(-c3ccc(C=O)cc3)oc2c1CCC.CNCCOCCOCCOCCOCCOCCN. The maximum atomic E-state index is 12.6. The zero-order valence-corrected chi connectivity index (χ0v) is 30.3. The second-order valence-corrected chi connectivity index (χ2v) is 10.6. The highest BCUT2D eigenvalue weighted by Gasteiger charge is 2.15. The van der Waals surface area contributed by atoms with Crippen LogP contribution >= 0.6 is 0 Å². The van der Waals surface area contributed by atoms with Crippen LogP contribution in [0.2, 0.25) is 0 Å². The van der Waals surface area contributed by atoms with Crippen molar-refractivity contribution in [3.05, 3.63) is 89.1 Å². The fourth-order valence-electron chi connectivity index (χ4n) is 4.13. The molecule has 0 aliphatic carbocycles. The number of aldehydes is 1. The second kappa shape index (κ2) is 30.2. The zero-order valence-electron chi connectivity index (χ0n) is 30.3. The lowest BCUT2D eigenvalue weighted by molar-refractivity contribution is -0.0102. The molecule has 0 atom stereocenters. The number of benzene rings is 2. The van der Waals surface area contributed by atoms with Gasteiger partial charge in [0.05, 0.1) is 71.5 Å². The van der Waals surface area contributed by atoms with Crippen LogP contribution in [-0.4, -0.2) is 99.1 Å². The number of carbonyl (C=O) groups excluding carboxylic acids is 1. The monoisotopic (exact) mass is 698 g/mol. The second-order valence-electron chi connectivity index (χ2n) is 10.6. The Balaban J connectivity index is 0.000000466. The number of allylic oxidation sites excluding steroid dienone is 1. The molecule has 0 spiro atoms. The van der Waals surface area contributed by atoms with Crippen molar-refractivity contribution >= 4 is 17.3 Å². The van der Waals surface area contributed by atoms with Crippen LogP contribution in [0.15, 0.2) is 77.0 Å². The van der Waals surface area contributed by atoms with Gasteiger partial charge in [-0.25, -0.2) is 0 Å². The van der Waals surface area contributed by atoms with Crippen LogP contribution < -0.4 is 21.2 Å². The van der Waals surface area contributed by atoms with Gasteiger partial charge in [0.2, 0.25) is 0 Å². The number of aryl methyl sites for hydroxylation is 1. The molecule has 0 saturated heterocycles. The Morgan fingerprint density at radius 1 is 0.800 bits per heavy atom. The van der Waals surface area contributed by atoms with E-state index < -0.39 is 0 Å². The number of nitrogens with two attached hydrogens (primary N) is 1. The van der Waals surface area contributed by atoms with E-state index in [-0.39, 0.29) is 5.43 Å². The highest BCUT2D eigenvalue weighted by atomic mass is 16.6. The molecule has 11 nitrogen and oxygen atoms in total. The first kappa shape index (κ1) is 44.3.